The van der Waals surface area contributed by atoms with Gasteiger partial charge in [-0.15, -0.1) is 12.4 Å². The van der Waals surface area contributed by atoms with Crippen molar-refractivity contribution >= 4 is 45.0 Å². The van der Waals surface area contributed by atoms with E-state index in [1.54, 1.807) is 0 Å². The summed E-state index contributed by atoms with van der Waals surface area (Å²) in [4.78, 5) is 16.1. The van der Waals surface area contributed by atoms with Crippen LogP contribution in [0, 0.1) is 0 Å². The van der Waals surface area contributed by atoms with Gasteiger partial charge in [-0.05, 0) is 31.5 Å². The van der Waals surface area contributed by atoms with Crippen LogP contribution in [0.25, 0.3) is 10.2 Å². The Balaban J connectivity index is 0.00000200. The first-order valence-corrected chi connectivity index (χ1v) is 7.47. The lowest BCUT2D eigenvalue weighted by molar-refractivity contribution is -0.116. The lowest BCUT2D eigenvalue weighted by Gasteiger charge is -2.01. The Hall–Kier alpha value is -1.17. The molecular weight excluding hydrogens is 294 g/mol. The number of para-hydroxylation sites is 1. The van der Waals surface area contributed by atoms with E-state index in [0.29, 0.717) is 11.6 Å². The van der Waals surface area contributed by atoms with E-state index in [1.165, 1.54) is 11.3 Å². The van der Waals surface area contributed by atoms with Gasteiger partial charge in [-0.2, -0.15) is 0 Å². The molecule has 0 saturated carbocycles. The Morgan fingerprint density at radius 1 is 1.20 bits per heavy atom. The highest BCUT2D eigenvalue weighted by molar-refractivity contribution is 7.22. The number of nitrogens with one attached hydrogen (secondary N) is 1. The van der Waals surface area contributed by atoms with Gasteiger partial charge in [0.05, 0.1) is 10.2 Å². The van der Waals surface area contributed by atoms with Crippen LogP contribution in [0.5, 0.6) is 0 Å². The van der Waals surface area contributed by atoms with E-state index in [4.69, 9.17) is 5.73 Å². The van der Waals surface area contributed by atoms with Crippen LogP contribution in [0.4, 0.5) is 5.13 Å². The van der Waals surface area contributed by atoms with Crippen LogP contribution in [-0.4, -0.2) is 17.4 Å². The Labute approximate surface area is 129 Å². The standard InChI is InChI=1S/C14H19N3OS.ClH/c15-10-6-2-1-3-9-13(18)17-14-16-11-7-4-5-8-12(11)19-14;/h4-5,7-8H,1-3,6,9-10,15H2,(H,16,17,18);1H. The van der Waals surface area contributed by atoms with Crippen molar-refractivity contribution in [2.45, 2.75) is 32.1 Å². The largest absolute Gasteiger partial charge is 0.330 e. The number of halogens is 1. The Kier molecular flexibility index (Phi) is 7.51. The number of unbranched alkanes of at least 4 members (excludes halogenated alkanes) is 3. The summed E-state index contributed by atoms with van der Waals surface area (Å²) in [5.74, 6) is 0.0480. The third kappa shape index (κ3) is 5.07. The molecule has 0 fully saturated rings. The summed E-state index contributed by atoms with van der Waals surface area (Å²) < 4.78 is 1.10. The van der Waals surface area contributed by atoms with E-state index < -0.39 is 0 Å². The van der Waals surface area contributed by atoms with Crippen LogP contribution in [0.2, 0.25) is 0 Å². The fraction of sp³-hybridized carbons (Fsp3) is 0.429. The zero-order valence-electron chi connectivity index (χ0n) is 11.3. The highest BCUT2D eigenvalue weighted by Crippen LogP contribution is 2.25. The molecule has 110 valence electrons. The molecule has 0 atom stereocenters. The SMILES string of the molecule is Cl.NCCCCCCC(=O)Nc1nc2ccccc2s1. The minimum absolute atomic E-state index is 0. The van der Waals surface area contributed by atoms with Gasteiger partial charge in [0.25, 0.3) is 0 Å². The van der Waals surface area contributed by atoms with Gasteiger partial charge in [-0.1, -0.05) is 36.3 Å². The normalized spacial score (nSPS) is 10.2. The summed E-state index contributed by atoms with van der Waals surface area (Å²) >= 11 is 1.51. The van der Waals surface area contributed by atoms with E-state index in [2.05, 4.69) is 10.3 Å². The maximum atomic E-state index is 11.8. The van der Waals surface area contributed by atoms with Gasteiger partial charge in [-0.3, -0.25) is 4.79 Å². The van der Waals surface area contributed by atoms with Gasteiger partial charge in [0, 0.05) is 6.42 Å². The highest BCUT2D eigenvalue weighted by Gasteiger charge is 2.06. The van der Waals surface area contributed by atoms with Crippen LogP contribution in [0.3, 0.4) is 0 Å². The molecule has 1 heterocycles. The molecule has 1 aromatic heterocycles. The van der Waals surface area contributed by atoms with Crippen LogP contribution in [0.1, 0.15) is 32.1 Å². The van der Waals surface area contributed by atoms with E-state index in [-0.39, 0.29) is 18.3 Å². The molecule has 3 N–H and O–H groups in total. The third-order valence-electron chi connectivity index (χ3n) is 2.90. The molecule has 0 aliphatic heterocycles. The van der Waals surface area contributed by atoms with Crippen LogP contribution < -0.4 is 11.1 Å². The first-order chi connectivity index (χ1) is 9.29. The molecule has 0 aliphatic rings. The monoisotopic (exact) mass is 313 g/mol. The zero-order chi connectivity index (χ0) is 13.5. The lowest BCUT2D eigenvalue weighted by Crippen LogP contribution is -2.10. The second kappa shape index (κ2) is 8.89. The predicted octanol–water partition coefficient (Wildman–Crippen LogP) is 3.57. The number of carbonyl (C=O) groups excluding carboxylic acids is 1. The number of thiazole rings is 1. The number of benzene rings is 1. The van der Waals surface area contributed by atoms with Gasteiger partial charge >= 0.3 is 0 Å². The molecule has 0 radical (unpaired) electrons. The van der Waals surface area contributed by atoms with Gasteiger partial charge < -0.3 is 11.1 Å². The molecule has 1 aromatic carbocycles. The van der Waals surface area contributed by atoms with E-state index in [1.807, 2.05) is 24.3 Å². The average molecular weight is 314 g/mol. The number of rotatable bonds is 7. The average Bonchev–Trinajstić information content (AvgIpc) is 2.80. The van der Waals surface area contributed by atoms with Gasteiger partial charge in [0.2, 0.25) is 5.91 Å². The summed E-state index contributed by atoms with van der Waals surface area (Å²) in [6, 6.07) is 7.89. The van der Waals surface area contributed by atoms with E-state index in [0.717, 1.165) is 42.4 Å². The number of hydrogen-bond acceptors (Lipinski definition) is 4. The van der Waals surface area contributed by atoms with Gasteiger partial charge in [0.15, 0.2) is 5.13 Å². The molecule has 2 aromatic rings. The van der Waals surface area contributed by atoms with Crippen LogP contribution in [-0.2, 0) is 4.79 Å². The number of amides is 1. The Morgan fingerprint density at radius 2 is 1.95 bits per heavy atom. The molecule has 6 heteroatoms. The molecule has 20 heavy (non-hydrogen) atoms. The second-order valence-electron chi connectivity index (χ2n) is 4.49. The number of fused-ring (bicyclic) bond motifs is 1. The van der Waals surface area contributed by atoms with Crippen molar-refractivity contribution in [2.75, 3.05) is 11.9 Å². The van der Waals surface area contributed by atoms with E-state index in [9.17, 15) is 4.79 Å². The number of aromatic nitrogens is 1. The quantitative estimate of drug-likeness (QED) is 0.768. The molecule has 1 amide bonds. The lowest BCUT2D eigenvalue weighted by atomic mass is 10.1. The number of nitrogens with two attached hydrogens (primary N) is 1. The summed E-state index contributed by atoms with van der Waals surface area (Å²) in [7, 11) is 0. The van der Waals surface area contributed by atoms with Crippen molar-refractivity contribution in [1.82, 2.24) is 4.98 Å². The van der Waals surface area contributed by atoms with E-state index >= 15 is 0 Å². The maximum absolute atomic E-state index is 11.8. The van der Waals surface area contributed by atoms with Crippen LogP contribution >= 0.6 is 23.7 Å². The zero-order valence-corrected chi connectivity index (χ0v) is 12.9. The summed E-state index contributed by atoms with van der Waals surface area (Å²) in [6.45, 7) is 0.734. The second-order valence-corrected chi connectivity index (χ2v) is 5.52. The Bertz CT molecular complexity index is 511. The fourth-order valence-electron chi connectivity index (χ4n) is 1.89. The smallest absolute Gasteiger partial charge is 0.226 e. The molecule has 0 unspecified atom stereocenters. The number of anilines is 1. The molecular formula is C14H20ClN3OS. The van der Waals surface area contributed by atoms with Gasteiger partial charge in [-0.25, -0.2) is 4.98 Å². The third-order valence-corrected chi connectivity index (χ3v) is 3.85. The molecule has 0 spiro atoms. The minimum atomic E-state index is 0. The fourth-order valence-corrected chi connectivity index (χ4v) is 2.77. The van der Waals surface area contributed by atoms with Crippen LogP contribution in [0.15, 0.2) is 24.3 Å². The highest BCUT2D eigenvalue weighted by atomic mass is 35.5. The molecule has 0 bridgehead atoms. The number of hydrogen-bond donors (Lipinski definition) is 2. The van der Waals surface area contributed by atoms with Crippen molar-refractivity contribution in [3.8, 4) is 0 Å². The topological polar surface area (TPSA) is 68.0 Å². The molecule has 0 aliphatic carbocycles. The number of carbonyl (C=O) groups is 1. The molecule has 2 rings (SSSR count). The summed E-state index contributed by atoms with van der Waals surface area (Å²) in [5.41, 5.74) is 6.36. The van der Waals surface area contributed by atoms with Crippen molar-refractivity contribution in [3.63, 3.8) is 0 Å². The Morgan fingerprint density at radius 3 is 2.70 bits per heavy atom. The number of nitrogens with zero attached hydrogens (tertiary/aromatic N) is 1. The molecule has 0 saturated heterocycles. The van der Waals surface area contributed by atoms with Crippen molar-refractivity contribution in [3.05, 3.63) is 24.3 Å². The van der Waals surface area contributed by atoms with Crippen molar-refractivity contribution in [2.24, 2.45) is 5.73 Å². The first-order valence-electron chi connectivity index (χ1n) is 6.65. The predicted molar refractivity (Wildman–Crippen MR) is 87.6 cm³/mol. The van der Waals surface area contributed by atoms with Gasteiger partial charge in [0.1, 0.15) is 0 Å². The molecule has 4 nitrogen and oxygen atoms in total. The van der Waals surface area contributed by atoms with Crippen molar-refractivity contribution < 1.29 is 4.79 Å². The summed E-state index contributed by atoms with van der Waals surface area (Å²) in [6.07, 6.45) is 4.67. The summed E-state index contributed by atoms with van der Waals surface area (Å²) in [5, 5.41) is 3.55. The first kappa shape index (κ1) is 16.9. The van der Waals surface area contributed by atoms with Crippen molar-refractivity contribution in [1.29, 1.82) is 0 Å². The maximum Gasteiger partial charge on any atom is 0.226 e. The minimum Gasteiger partial charge on any atom is -0.330 e.